The highest BCUT2D eigenvalue weighted by Crippen LogP contribution is 2.47. The predicted molar refractivity (Wildman–Crippen MR) is 106 cm³/mol. The van der Waals surface area contributed by atoms with Crippen molar-refractivity contribution < 1.29 is 29.0 Å². The molecule has 7 nitrogen and oxygen atoms in total. The highest BCUT2D eigenvalue weighted by molar-refractivity contribution is 6.32. The number of aliphatic hydroxyl groups excluding tert-OH is 1. The van der Waals surface area contributed by atoms with Crippen LogP contribution in [0.3, 0.4) is 0 Å². The normalized spacial score (nSPS) is 22.0. The van der Waals surface area contributed by atoms with Crippen LogP contribution < -0.4 is 5.43 Å². The second-order valence-corrected chi connectivity index (χ2v) is 7.53. The molecule has 2 N–H and O–H groups in total. The van der Waals surface area contributed by atoms with Crippen LogP contribution in [0.25, 0.3) is 11.0 Å². The number of aliphatic hydroxyl groups is 1. The fourth-order valence-corrected chi connectivity index (χ4v) is 4.13. The van der Waals surface area contributed by atoms with E-state index in [4.69, 9.17) is 9.15 Å². The maximum absolute atomic E-state index is 13.3. The van der Waals surface area contributed by atoms with Gasteiger partial charge in [-0.15, -0.1) is 6.58 Å². The van der Waals surface area contributed by atoms with Gasteiger partial charge in [0.15, 0.2) is 22.4 Å². The molecule has 1 aliphatic carbocycles. The predicted octanol–water partition coefficient (Wildman–Crippen LogP) is 2.57. The van der Waals surface area contributed by atoms with E-state index in [1.807, 2.05) is 0 Å². The molecular formula is C23H16O7. The number of ether oxygens (including phenoxy) is 1. The van der Waals surface area contributed by atoms with Crippen LogP contribution in [0.1, 0.15) is 50.1 Å². The molecule has 0 saturated carbocycles. The lowest BCUT2D eigenvalue weighted by atomic mass is 9.81. The van der Waals surface area contributed by atoms with Crippen LogP contribution in [0.5, 0.6) is 5.75 Å². The Morgan fingerprint density at radius 3 is 2.57 bits per heavy atom. The molecule has 2 heterocycles. The van der Waals surface area contributed by atoms with Crippen molar-refractivity contribution in [2.75, 3.05) is 0 Å². The van der Waals surface area contributed by atoms with Crippen LogP contribution in [-0.4, -0.2) is 27.9 Å². The Hall–Kier alpha value is -3.55. The number of carbonyl (C=O) groups excluding carboxylic acids is 2. The number of aromatic hydroxyl groups is 1. The maximum Gasteiger partial charge on any atom is 0.202 e. The lowest BCUT2D eigenvalue weighted by molar-refractivity contribution is 0.0976. The molecule has 2 atom stereocenters. The van der Waals surface area contributed by atoms with E-state index in [0.717, 1.165) is 0 Å². The van der Waals surface area contributed by atoms with Gasteiger partial charge in [0, 0.05) is 17.2 Å². The molecule has 30 heavy (non-hydrogen) atoms. The minimum absolute atomic E-state index is 0.0112. The number of benzene rings is 2. The lowest BCUT2D eigenvalue weighted by Crippen LogP contribution is -2.23. The first kappa shape index (κ1) is 18.5. The SMILES string of the molecule is C=C[C@H]1O[C@@]1(C)c1cc(=O)c2c(CO)cc3c(c2o1)C(=O)c1c(O)cccc1C3=O. The Kier molecular flexibility index (Phi) is 3.68. The monoisotopic (exact) mass is 404 g/mol. The van der Waals surface area contributed by atoms with Crippen molar-refractivity contribution >= 4 is 22.5 Å². The van der Waals surface area contributed by atoms with Gasteiger partial charge in [-0.2, -0.15) is 0 Å². The van der Waals surface area contributed by atoms with E-state index in [9.17, 15) is 24.6 Å². The van der Waals surface area contributed by atoms with Crippen molar-refractivity contribution in [3.05, 3.63) is 86.8 Å². The summed E-state index contributed by atoms with van der Waals surface area (Å²) in [7, 11) is 0. The zero-order valence-electron chi connectivity index (χ0n) is 15.9. The zero-order chi connectivity index (χ0) is 21.4. The topological polar surface area (TPSA) is 117 Å². The van der Waals surface area contributed by atoms with Gasteiger partial charge in [-0.1, -0.05) is 18.2 Å². The zero-order valence-corrected chi connectivity index (χ0v) is 15.9. The van der Waals surface area contributed by atoms with Gasteiger partial charge in [0.1, 0.15) is 17.6 Å². The van der Waals surface area contributed by atoms with Crippen LogP contribution in [0.4, 0.5) is 0 Å². The number of phenols is 1. The second-order valence-electron chi connectivity index (χ2n) is 7.53. The van der Waals surface area contributed by atoms with Crippen molar-refractivity contribution in [1.82, 2.24) is 0 Å². The van der Waals surface area contributed by atoms with Gasteiger partial charge in [0.25, 0.3) is 0 Å². The molecule has 1 saturated heterocycles. The molecule has 1 aliphatic heterocycles. The third-order valence-corrected chi connectivity index (χ3v) is 5.80. The molecular weight excluding hydrogens is 388 g/mol. The quantitative estimate of drug-likeness (QED) is 0.398. The van der Waals surface area contributed by atoms with Crippen LogP contribution in [0.2, 0.25) is 0 Å². The van der Waals surface area contributed by atoms with Crippen molar-refractivity contribution in [3.63, 3.8) is 0 Å². The van der Waals surface area contributed by atoms with Gasteiger partial charge in [0.2, 0.25) is 5.78 Å². The number of rotatable bonds is 3. The summed E-state index contributed by atoms with van der Waals surface area (Å²) in [6.45, 7) is 4.88. The Morgan fingerprint density at radius 2 is 1.90 bits per heavy atom. The molecule has 0 spiro atoms. The van der Waals surface area contributed by atoms with E-state index in [1.54, 1.807) is 13.0 Å². The highest BCUT2D eigenvalue weighted by Gasteiger charge is 2.54. The molecule has 0 bridgehead atoms. The average Bonchev–Trinajstić information content (AvgIpc) is 3.42. The van der Waals surface area contributed by atoms with Gasteiger partial charge in [-0.05, 0) is 24.6 Å². The summed E-state index contributed by atoms with van der Waals surface area (Å²) in [4.78, 5) is 39.3. The fraction of sp³-hybridized carbons (Fsp3) is 0.174. The van der Waals surface area contributed by atoms with E-state index in [1.165, 1.54) is 30.3 Å². The Balaban J connectivity index is 1.89. The second kappa shape index (κ2) is 5.98. The highest BCUT2D eigenvalue weighted by atomic mass is 16.6. The smallest absolute Gasteiger partial charge is 0.202 e. The van der Waals surface area contributed by atoms with E-state index < -0.39 is 29.2 Å². The third-order valence-electron chi connectivity index (χ3n) is 5.80. The first-order valence-electron chi connectivity index (χ1n) is 9.28. The van der Waals surface area contributed by atoms with E-state index in [-0.39, 0.29) is 56.4 Å². The van der Waals surface area contributed by atoms with Crippen LogP contribution in [0.15, 0.2) is 52.2 Å². The van der Waals surface area contributed by atoms with Crippen molar-refractivity contribution in [2.24, 2.45) is 0 Å². The number of carbonyl (C=O) groups is 2. The summed E-state index contributed by atoms with van der Waals surface area (Å²) >= 11 is 0. The van der Waals surface area contributed by atoms with E-state index in [2.05, 4.69) is 6.58 Å². The van der Waals surface area contributed by atoms with Crippen LogP contribution in [-0.2, 0) is 16.9 Å². The number of hydrogen-bond donors (Lipinski definition) is 2. The van der Waals surface area contributed by atoms with E-state index in [0.29, 0.717) is 0 Å². The molecule has 0 radical (unpaired) electrons. The van der Waals surface area contributed by atoms with Crippen LogP contribution >= 0.6 is 0 Å². The molecule has 5 rings (SSSR count). The maximum atomic E-state index is 13.3. The number of phenolic OH excluding ortho intramolecular Hbond substituents is 1. The molecule has 0 unspecified atom stereocenters. The summed E-state index contributed by atoms with van der Waals surface area (Å²) in [5.41, 5.74) is -1.50. The Labute approximate surface area is 169 Å². The molecule has 150 valence electrons. The number of hydrogen-bond acceptors (Lipinski definition) is 7. The lowest BCUT2D eigenvalue weighted by Gasteiger charge is -2.21. The van der Waals surface area contributed by atoms with Gasteiger partial charge in [-0.3, -0.25) is 14.4 Å². The molecule has 1 aromatic heterocycles. The first-order valence-corrected chi connectivity index (χ1v) is 9.28. The molecule has 2 aliphatic rings. The van der Waals surface area contributed by atoms with E-state index >= 15 is 0 Å². The number of epoxide rings is 1. The summed E-state index contributed by atoms with van der Waals surface area (Å²) in [5, 5.41) is 20.1. The minimum Gasteiger partial charge on any atom is -0.507 e. The van der Waals surface area contributed by atoms with Gasteiger partial charge < -0.3 is 19.4 Å². The van der Waals surface area contributed by atoms with Crippen molar-refractivity contribution in [1.29, 1.82) is 0 Å². The summed E-state index contributed by atoms with van der Waals surface area (Å²) in [5.74, 6) is -1.28. The molecule has 1 fully saturated rings. The Bertz CT molecular complexity index is 1360. The number of fused-ring (bicyclic) bond motifs is 4. The van der Waals surface area contributed by atoms with Gasteiger partial charge in [-0.25, -0.2) is 0 Å². The average molecular weight is 404 g/mol. The molecule has 7 heteroatoms. The van der Waals surface area contributed by atoms with Crippen molar-refractivity contribution in [3.8, 4) is 5.75 Å². The minimum atomic E-state index is -0.918. The summed E-state index contributed by atoms with van der Waals surface area (Å²) < 4.78 is 11.6. The largest absolute Gasteiger partial charge is 0.507 e. The summed E-state index contributed by atoms with van der Waals surface area (Å²) in [6, 6.07) is 6.83. The van der Waals surface area contributed by atoms with Crippen molar-refractivity contribution in [2.45, 2.75) is 25.2 Å². The molecule has 2 aromatic carbocycles. The molecule has 3 aromatic rings. The van der Waals surface area contributed by atoms with Crippen LogP contribution in [0, 0.1) is 0 Å². The van der Waals surface area contributed by atoms with Gasteiger partial charge >= 0.3 is 0 Å². The third kappa shape index (κ3) is 2.24. The van der Waals surface area contributed by atoms with Gasteiger partial charge in [0.05, 0.1) is 23.1 Å². The molecule has 0 amide bonds. The fourth-order valence-electron chi connectivity index (χ4n) is 4.13. The summed E-state index contributed by atoms with van der Waals surface area (Å²) in [6.07, 6.45) is 1.21. The first-order chi connectivity index (χ1) is 14.3. The Morgan fingerprint density at radius 1 is 1.13 bits per heavy atom. The standard InChI is InChI=1S/C23H16O7/c1-3-15-23(2,30-15)16-8-14(26)17-10(9-24)7-12-19(22(17)29-16)21(28)18-11(20(12)27)5-4-6-13(18)25/h3-8,15,24-25H,1,9H2,2H3/t15-,23-/m1/s1. The number of ketones is 2.